The first-order valence-electron chi connectivity index (χ1n) is 12.7. The predicted molar refractivity (Wildman–Crippen MR) is 136 cm³/mol. The highest BCUT2D eigenvalue weighted by molar-refractivity contribution is 5.74. The number of alkyl halides is 3. The van der Waals surface area contributed by atoms with Crippen molar-refractivity contribution in [1.82, 2.24) is 9.80 Å². The maximum atomic E-state index is 11.9. The Kier molecular flexibility index (Phi) is 9.93. The van der Waals surface area contributed by atoms with Gasteiger partial charge in [0.15, 0.2) is 0 Å². The van der Waals surface area contributed by atoms with Crippen LogP contribution in [-0.4, -0.2) is 62.0 Å². The van der Waals surface area contributed by atoms with Crippen molar-refractivity contribution in [3.8, 4) is 5.75 Å². The SMILES string of the molecule is Cc1c(OCCCN)ccc(C2CCCC3CN(C)CCN32)c1C.O=Cc1ccc(C(F)(F)F)cc1. The van der Waals surface area contributed by atoms with Crippen LogP contribution >= 0.6 is 0 Å². The molecule has 2 unspecified atom stereocenters. The lowest BCUT2D eigenvalue weighted by molar-refractivity contribution is -0.137. The van der Waals surface area contributed by atoms with Gasteiger partial charge >= 0.3 is 6.18 Å². The van der Waals surface area contributed by atoms with Crippen LogP contribution < -0.4 is 10.5 Å². The number of ether oxygens (including phenoxy) is 1. The predicted octanol–water partition coefficient (Wildman–Crippen LogP) is 5.39. The highest BCUT2D eigenvalue weighted by atomic mass is 19.4. The summed E-state index contributed by atoms with van der Waals surface area (Å²) in [5.41, 5.74) is 9.27. The number of rotatable bonds is 6. The number of benzene rings is 2. The van der Waals surface area contributed by atoms with Gasteiger partial charge in [0.1, 0.15) is 12.0 Å². The standard InChI is InChI=1S/C20H33N3O.C8H5F3O/c1-15-16(2)20(24-13-5-10-21)9-8-18(15)19-7-4-6-17-14-22(3)11-12-23(17)19;9-8(10,11)7-3-1-6(5-12)2-4-7/h8-9,17,19H,4-7,10-14,21H2,1-3H3;1-5H. The molecule has 2 aliphatic rings. The van der Waals surface area contributed by atoms with Crippen LogP contribution in [0, 0.1) is 13.8 Å². The van der Waals surface area contributed by atoms with E-state index in [0.29, 0.717) is 25.5 Å². The van der Waals surface area contributed by atoms with Gasteiger partial charge in [-0.05, 0) is 88.0 Å². The van der Waals surface area contributed by atoms with Crippen molar-refractivity contribution >= 4 is 6.29 Å². The lowest BCUT2D eigenvalue weighted by atomic mass is 9.86. The molecule has 36 heavy (non-hydrogen) atoms. The van der Waals surface area contributed by atoms with Gasteiger partial charge in [0.2, 0.25) is 0 Å². The number of nitrogens with zero attached hydrogens (tertiary/aromatic N) is 2. The third-order valence-corrected chi connectivity index (χ3v) is 7.27. The van der Waals surface area contributed by atoms with Gasteiger partial charge in [-0.15, -0.1) is 0 Å². The highest BCUT2D eigenvalue weighted by Crippen LogP contribution is 2.39. The van der Waals surface area contributed by atoms with E-state index in [1.54, 1.807) is 0 Å². The number of halogens is 3. The Morgan fingerprint density at radius 1 is 1.06 bits per heavy atom. The van der Waals surface area contributed by atoms with E-state index < -0.39 is 11.7 Å². The molecule has 8 heteroatoms. The van der Waals surface area contributed by atoms with Crippen molar-refractivity contribution in [1.29, 1.82) is 0 Å². The molecule has 5 nitrogen and oxygen atoms in total. The van der Waals surface area contributed by atoms with E-state index >= 15 is 0 Å². The number of nitrogens with two attached hydrogens (primary N) is 1. The third kappa shape index (κ3) is 7.08. The van der Waals surface area contributed by atoms with Crippen LogP contribution in [0.2, 0.25) is 0 Å². The Hall–Kier alpha value is -2.42. The van der Waals surface area contributed by atoms with Crippen molar-refractivity contribution in [2.45, 2.75) is 57.8 Å². The van der Waals surface area contributed by atoms with Crippen molar-refractivity contribution in [2.24, 2.45) is 5.73 Å². The average Bonchev–Trinajstić information content (AvgIpc) is 2.86. The zero-order chi connectivity index (χ0) is 26.3. The second-order valence-electron chi connectivity index (χ2n) is 9.73. The number of likely N-dealkylation sites (N-methyl/N-ethyl adjacent to an activating group) is 1. The molecule has 0 bridgehead atoms. The summed E-state index contributed by atoms with van der Waals surface area (Å²) in [4.78, 5) is 15.3. The van der Waals surface area contributed by atoms with Crippen molar-refractivity contribution in [3.63, 3.8) is 0 Å². The van der Waals surface area contributed by atoms with E-state index in [1.807, 2.05) is 0 Å². The number of piperazine rings is 1. The molecule has 2 aromatic rings. The van der Waals surface area contributed by atoms with Crippen LogP contribution in [0.3, 0.4) is 0 Å². The molecule has 2 N–H and O–H groups in total. The Morgan fingerprint density at radius 3 is 2.42 bits per heavy atom. The molecule has 0 spiro atoms. The Balaban J connectivity index is 0.000000253. The largest absolute Gasteiger partial charge is 0.493 e. The van der Waals surface area contributed by atoms with Gasteiger partial charge in [0.05, 0.1) is 12.2 Å². The molecule has 2 atom stereocenters. The maximum absolute atomic E-state index is 11.9. The van der Waals surface area contributed by atoms with E-state index in [9.17, 15) is 18.0 Å². The van der Waals surface area contributed by atoms with E-state index in [2.05, 4.69) is 42.8 Å². The van der Waals surface area contributed by atoms with Gasteiger partial charge in [0.25, 0.3) is 0 Å². The number of hydrogen-bond donors (Lipinski definition) is 1. The third-order valence-electron chi connectivity index (χ3n) is 7.27. The van der Waals surface area contributed by atoms with Crippen LogP contribution in [0.1, 0.15) is 64.3 Å². The summed E-state index contributed by atoms with van der Waals surface area (Å²) >= 11 is 0. The first-order chi connectivity index (χ1) is 17.2. The minimum Gasteiger partial charge on any atom is -0.493 e. The Morgan fingerprint density at radius 2 is 1.78 bits per heavy atom. The van der Waals surface area contributed by atoms with Crippen LogP contribution in [0.15, 0.2) is 36.4 Å². The van der Waals surface area contributed by atoms with Crippen LogP contribution in [-0.2, 0) is 6.18 Å². The molecule has 0 saturated carbocycles. The number of fused-ring (bicyclic) bond motifs is 1. The van der Waals surface area contributed by atoms with Crippen molar-refractivity contribution in [2.75, 3.05) is 39.8 Å². The quantitative estimate of drug-likeness (QED) is 0.421. The smallest absolute Gasteiger partial charge is 0.416 e. The van der Waals surface area contributed by atoms with E-state index in [0.717, 1.165) is 42.5 Å². The lowest BCUT2D eigenvalue weighted by Crippen LogP contribution is -2.54. The minimum absolute atomic E-state index is 0.239. The molecular weight excluding hydrogens is 467 g/mol. The van der Waals surface area contributed by atoms with Crippen LogP contribution in [0.25, 0.3) is 0 Å². The van der Waals surface area contributed by atoms with Gasteiger partial charge in [-0.25, -0.2) is 0 Å². The van der Waals surface area contributed by atoms with Crippen molar-refractivity contribution in [3.05, 3.63) is 64.2 Å². The fraction of sp³-hybridized carbons (Fsp3) is 0.536. The lowest BCUT2D eigenvalue weighted by Gasteiger charge is -2.48. The van der Waals surface area contributed by atoms with E-state index in [4.69, 9.17) is 10.5 Å². The van der Waals surface area contributed by atoms with E-state index in [1.165, 1.54) is 55.6 Å². The zero-order valence-corrected chi connectivity index (χ0v) is 21.5. The molecule has 2 saturated heterocycles. The van der Waals surface area contributed by atoms with Gasteiger partial charge in [0, 0.05) is 37.3 Å². The molecule has 2 aromatic carbocycles. The summed E-state index contributed by atoms with van der Waals surface area (Å²) in [6.45, 7) is 9.45. The topological polar surface area (TPSA) is 58.8 Å². The number of piperidine rings is 1. The number of carbonyl (C=O) groups excluding carboxylic acids is 1. The zero-order valence-electron chi connectivity index (χ0n) is 21.5. The molecule has 198 valence electrons. The van der Waals surface area contributed by atoms with Crippen molar-refractivity contribution < 1.29 is 22.7 Å². The Labute approximate surface area is 212 Å². The summed E-state index contributed by atoms with van der Waals surface area (Å²) in [7, 11) is 2.25. The molecule has 2 heterocycles. The molecule has 0 amide bonds. The maximum Gasteiger partial charge on any atom is 0.416 e. The Bertz CT molecular complexity index is 995. The fourth-order valence-electron chi connectivity index (χ4n) is 5.09. The average molecular weight is 506 g/mol. The summed E-state index contributed by atoms with van der Waals surface area (Å²) in [5, 5.41) is 0. The molecule has 2 fully saturated rings. The number of carbonyl (C=O) groups is 1. The first kappa shape index (κ1) is 28.2. The number of aldehydes is 1. The fourth-order valence-corrected chi connectivity index (χ4v) is 5.09. The molecular formula is C28H38F3N3O2. The number of hydrogen-bond acceptors (Lipinski definition) is 5. The molecule has 2 aliphatic heterocycles. The summed E-state index contributed by atoms with van der Waals surface area (Å²) in [6, 6.07) is 9.82. The minimum atomic E-state index is -4.33. The van der Waals surface area contributed by atoms with Crippen LogP contribution in [0.5, 0.6) is 5.75 Å². The van der Waals surface area contributed by atoms with Gasteiger partial charge in [-0.2, -0.15) is 13.2 Å². The summed E-state index contributed by atoms with van der Waals surface area (Å²) < 4.78 is 41.7. The highest BCUT2D eigenvalue weighted by Gasteiger charge is 2.35. The van der Waals surface area contributed by atoms with Crippen LogP contribution in [0.4, 0.5) is 13.2 Å². The first-order valence-corrected chi connectivity index (χ1v) is 12.7. The molecule has 0 radical (unpaired) electrons. The monoisotopic (exact) mass is 505 g/mol. The molecule has 4 rings (SSSR count). The van der Waals surface area contributed by atoms with Gasteiger partial charge in [-0.3, -0.25) is 9.69 Å². The molecule has 0 aromatic heterocycles. The summed E-state index contributed by atoms with van der Waals surface area (Å²) in [5.74, 6) is 1.02. The second-order valence-corrected chi connectivity index (χ2v) is 9.73. The summed E-state index contributed by atoms with van der Waals surface area (Å²) in [6.07, 6.45) is 1.05. The second kappa shape index (κ2) is 12.7. The van der Waals surface area contributed by atoms with Gasteiger partial charge in [-0.1, -0.05) is 18.2 Å². The van der Waals surface area contributed by atoms with E-state index in [-0.39, 0.29) is 5.56 Å². The normalized spacial score (nSPS) is 20.8. The van der Waals surface area contributed by atoms with Gasteiger partial charge < -0.3 is 15.4 Å². The molecule has 0 aliphatic carbocycles.